The number of nitrogens with two attached hydrogens (primary N) is 2. The minimum Gasteiger partial charge on any atom is -0.496 e. The Labute approximate surface area is 167 Å². The van der Waals surface area contributed by atoms with Gasteiger partial charge < -0.3 is 25.7 Å². The molecule has 2 amide bonds. The molecule has 1 aromatic heterocycles. The van der Waals surface area contributed by atoms with E-state index in [1.807, 2.05) is 0 Å². The van der Waals surface area contributed by atoms with Crippen molar-refractivity contribution in [3.8, 4) is 23.0 Å². The molecule has 0 atom stereocenters. The number of hydrogen-bond acceptors (Lipinski definition) is 6. The lowest BCUT2D eigenvalue weighted by molar-refractivity contribution is -0.138. The maximum absolute atomic E-state index is 13.3. The van der Waals surface area contributed by atoms with Gasteiger partial charge in [0.05, 0.1) is 18.2 Å². The largest absolute Gasteiger partial charge is 0.496 e. The van der Waals surface area contributed by atoms with Crippen molar-refractivity contribution in [2.24, 2.45) is 11.5 Å². The lowest BCUT2D eigenvalue weighted by Gasteiger charge is -2.15. The number of primary amides is 2. The number of nitrogens with zero attached hydrogens (tertiary/aromatic N) is 1. The van der Waals surface area contributed by atoms with Crippen molar-refractivity contribution >= 4 is 22.9 Å². The molecule has 0 saturated heterocycles. The van der Waals surface area contributed by atoms with Crippen LogP contribution in [-0.4, -0.2) is 24.1 Å². The number of alkyl halides is 3. The Morgan fingerprint density at radius 1 is 1.00 bits per heavy atom. The summed E-state index contributed by atoms with van der Waals surface area (Å²) in [5.74, 6) is -1.43. The highest BCUT2D eigenvalue weighted by molar-refractivity contribution is 6.01. The van der Waals surface area contributed by atoms with Crippen LogP contribution in [0.5, 0.6) is 23.0 Å². The van der Waals surface area contributed by atoms with Crippen LogP contribution in [0.3, 0.4) is 0 Å². The van der Waals surface area contributed by atoms with Crippen LogP contribution in [0.2, 0.25) is 0 Å². The number of benzene rings is 2. The molecule has 30 heavy (non-hydrogen) atoms. The average Bonchev–Trinajstić information content (AvgIpc) is 2.67. The van der Waals surface area contributed by atoms with E-state index < -0.39 is 29.5 Å². The predicted octanol–water partition coefficient (Wildman–Crippen LogP) is 3.61. The summed E-state index contributed by atoms with van der Waals surface area (Å²) >= 11 is 0. The molecule has 1 heterocycles. The second kappa shape index (κ2) is 7.78. The van der Waals surface area contributed by atoms with Crippen molar-refractivity contribution in [2.45, 2.75) is 6.18 Å². The average molecular weight is 421 g/mol. The summed E-state index contributed by atoms with van der Waals surface area (Å²) in [6.07, 6.45) is -4.85. The molecule has 0 radical (unpaired) electrons. The summed E-state index contributed by atoms with van der Waals surface area (Å²) in [7, 11) is 1.35. The molecule has 0 bridgehead atoms. The topological polar surface area (TPSA) is 127 Å². The minimum atomic E-state index is -4.84. The monoisotopic (exact) mass is 421 g/mol. The van der Waals surface area contributed by atoms with E-state index in [-0.39, 0.29) is 22.8 Å². The molecule has 4 N–H and O–H groups in total. The van der Waals surface area contributed by atoms with Crippen LogP contribution in [0.1, 0.15) is 15.9 Å². The fourth-order valence-corrected chi connectivity index (χ4v) is 2.72. The summed E-state index contributed by atoms with van der Waals surface area (Å²) in [6.45, 7) is 0. The van der Waals surface area contributed by atoms with E-state index >= 15 is 0 Å². The molecule has 0 spiro atoms. The van der Waals surface area contributed by atoms with Gasteiger partial charge in [0.1, 0.15) is 28.6 Å². The van der Waals surface area contributed by atoms with Crippen LogP contribution in [0, 0.1) is 0 Å². The number of fused-ring (bicyclic) bond motifs is 1. The van der Waals surface area contributed by atoms with Crippen molar-refractivity contribution in [3.63, 3.8) is 0 Å². The number of carbonyl (C=O) groups excluding carboxylic acids is 2. The van der Waals surface area contributed by atoms with E-state index in [0.717, 1.165) is 12.1 Å². The van der Waals surface area contributed by atoms with Crippen LogP contribution < -0.4 is 25.7 Å². The molecular weight excluding hydrogens is 407 g/mol. The number of amides is 2. The molecule has 8 nitrogen and oxygen atoms in total. The summed E-state index contributed by atoms with van der Waals surface area (Å²) in [5.41, 5.74) is 9.31. The Morgan fingerprint density at radius 3 is 2.33 bits per heavy atom. The SMILES string of the molecule is COc1cc2nccc(Oc3ccc(OC(N)=O)c(C(F)(F)F)c3)c2cc1C(N)=O. The normalized spacial score (nSPS) is 11.2. The Kier molecular flexibility index (Phi) is 5.37. The molecular formula is C19H14F3N3O5. The molecule has 0 fully saturated rings. The van der Waals surface area contributed by atoms with Crippen LogP contribution in [0.25, 0.3) is 10.9 Å². The number of methoxy groups -OCH3 is 1. The zero-order valence-electron chi connectivity index (χ0n) is 15.3. The first-order valence-electron chi connectivity index (χ1n) is 8.23. The van der Waals surface area contributed by atoms with E-state index in [1.54, 1.807) is 0 Å². The van der Waals surface area contributed by atoms with Gasteiger partial charge in [0.25, 0.3) is 5.91 Å². The van der Waals surface area contributed by atoms with Gasteiger partial charge >= 0.3 is 12.3 Å². The first-order chi connectivity index (χ1) is 14.1. The number of rotatable bonds is 5. The van der Waals surface area contributed by atoms with Crippen molar-refractivity contribution in [1.29, 1.82) is 0 Å². The Hall–Kier alpha value is -4.02. The standard InChI is InChI=1S/C19H14F3N3O5/c1-28-16-8-13-10(7-11(16)17(23)26)14(4-5-25-13)29-9-2-3-15(30-18(24)27)12(6-9)19(20,21)22/h2-8H,1H3,(H2,23,26)(H2,24,27). The van der Waals surface area contributed by atoms with Crippen molar-refractivity contribution < 1.29 is 37.0 Å². The maximum atomic E-state index is 13.3. The van der Waals surface area contributed by atoms with Crippen molar-refractivity contribution in [2.75, 3.05) is 7.11 Å². The Morgan fingerprint density at radius 2 is 1.73 bits per heavy atom. The highest BCUT2D eigenvalue weighted by Crippen LogP contribution is 2.40. The molecule has 0 unspecified atom stereocenters. The van der Waals surface area contributed by atoms with Crippen LogP contribution in [0.15, 0.2) is 42.6 Å². The van der Waals surface area contributed by atoms with Crippen molar-refractivity contribution in [1.82, 2.24) is 4.98 Å². The quantitative estimate of drug-likeness (QED) is 0.648. The molecule has 3 rings (SSSR count). The number of aromatic nitrogens is 1. The van der Waals surface area contributed by atoms with E-state index in [2.05, 4.69) is 9.72 Å². The summed E-state index contributed by atoms with van der Waals surface area (Å²) in [6, 6.07) is 6.95. The molecule has 156 valence electrons. The first-order valence-corrected chi connectivity index (χ1v) is 8.23. The first kappa shape index (κ1) is 20.7. The number of hydrogen-bond donors (Lipinski definition) is 2. The molecule has 0 aliphatic carbocycles. The summed E-state index contributed by atoms with van der Waals surface area (Å²) < 4.78 is 55.1. The molecule has 2 aromatic carbocycles. The van der Waals surface area contributed by atoms with Gasteiger partial charge in [-0.1, -0.05) is 0 Å². The van der Waals surface area contributed by atoms with Gasteiger partial charge in [0.2, 0.25) is 0 Å². The van der Waals surface area contributed by atoms with E-state index in [0.29, 0.717) is 17.0 Å². The van der Waals surface area contributed by atoms with Crippen LogP contribution >= 0.6 is 0 Å². The van der Waals surface area contributed by atoms with Gasteiger partial charge in [0.15, 0.2) is 0 Å². The second-order valence-electron chi connectivity index (χ2n) is 5.92. The third-order valence-corrected chi connectivity index (χ3v) is 3.98. The van der Waals surface area contributed by atoms with E-state index in [4.69, 9.17) is 20.9 Å². The lowest BCUT2D eigenvalue weighted by atomic mass is 10.1. The zero-order chi connectivity index (χ0) is 22.1. The Bertz CT molecular complexity index is 1150. The summed E-state index contributed by atoms with van der Waals surface area (Å²) in [4.78, 5) is 26.7. The summed E-state index contributed by atoms with van der Waals surface area (Å²) in [5, 5.41) is 0.318. The Balaban J connectivity index is 2.09. The molecule has 0 aliphatic heterocycles. The maximum Gasteiger partial charge on any atom is 0.420 e. The highest BCUT2D eigenvalue weighted by atomic mass is 19.4. The van der Waals surface area contributed by atoms with Gasteiger partial charge in [-0.2, -0.15) is 13.2 Å². The predicted molar refractivity (Wildman–Crippen MR) is 98.5 cm³/mol. The van der Waals surface area contributed by atoms with E-state index in [9.17, 15) is 22.8 Å². The number of carbonyl (C=O) groups is 2. The van der Waals surface area contributed by atoms with Crippen molar-refractivity contribution in [3.05, 3.63) is 53.7 Å². The molecule has 0 saturated carbocycles. The number of ether oxygens (including phenoxy) is 3. The number of halogens is 3. The highest BCUT2D eigenvalue weighted by Gasteiger charge is 2.35. The van der Waals surface area contributed by atoms with Gasteiger partial charge in [-0.15, -0.1) is 0 Å². The molecule has 3 aromatic rings. The second-order valence-corrected chi connectivity index (χ2v) is 5.92. The molecule has 0 aliphatic rings. The van der Waals surface area contributed by atoms with Gasteiger partial charge in [-0.05, 0) is 30.3 Å². The van der Waals surface area contributed by atoms with Gasteiger partial charge in [-0.3, -0.25) is 9.78 Å². The number of pyridine rings is 1. The third-order valence-electron chi connectivity index (χ3n) is 3.98. The fourth-order valence-electron chi connectivity index (χ4n) is 2.72. The van der Waals surface area contributed by atoms with Gasteiger partial charge in [-0.25, -0.2) is 4.79 Å². The smallest absolute Gasteiger partial charge is 0.420 e. The zero-order valence-corrected chi connectivity index (χ0v) is 15.3. The lowest BCUT2D eigenvalue weighted by Crippen LogP contribution is -2.19. The minimum absolute atomic E-state index is 0.0454. The third kappa shape index (κ3) is 4.19. The van der Waals surface area contributed by atoms with Gasteiger partial charge in [0, 0.05) is 17.6 Å². The van der Waals surface area contributed by atoms with E-state index in [1.165, 1.54) is 31.5 Å². The molecule has 11 heteroatoms. The van der Waals surface area contributed by atoms with Crippen LogP contribution in [-0.2, 0) is 6.18 Å². The fraction of sp³-hybridized carbons (Fsp3) is 0.105. The van der Waals surface area contributed by atoms with Crippen LogP contribution in [0.4, 0.5) is 18.0 Å².